The number of esters is 1. The number of ether oxygens (including phenoxy) is 1. The smallest absolute Gasteiger partial charge is 0.337 e. The molecule has 0 aromatic heterocycles. The van der Waals surface area contributed by atoms with Crippen LogP contribution in [0, 0.1) is 0 Å². The van der Waals surface area contributed by atoms with E-state index in [0.717, 1.165) is 11.5 Å². The number of rotatable bonds is 1. The largest absolute Gasteiger partial charge is 0.465 e. The molecule has 0 fully saturated rings. The van der Waals surface area contributed by atoms with Crippen molar-refractivity contribution in [2.24, 2.45) is 0 Å². The third-order valence-corrected chi connectivity index (χ3v) is 3.17. The second-order valence-electron chi connectivity index (χ2n) is 2.97. The maximum Gasteiger partial charge on any atom is 0.337 e. The van der Waals surface area contributed by atoms with Crippen molar-refractivity contribution in [2.45, 2.75) is 11.5 Å². The van der Waals surface area contributed by atoms with Crippen LogP contribution in [0.1, 0.15) is 21.5 Å². The molecule has 0 amide bonds. The van der Waals surface area contributed by atoms with Gasteiger partial charge in [-0.15, -0.1) is 0 Å². The Balaban J connectivity index is 2.36. The topological polar surface area (TPSA) is 26.3 Å². The van der Waals surface area contributed by atoms with E-state index < -0.39 is 0 Å². The maximum absolute atomic E-state index is 11.2. The Bertz CT molecular complexity index is 347. The van der Waals surface area contributed by atoms with Crippen molar-refractivity contribution in [1.82, 2.24) is 0 Å². The summed E-state index contributed by atoms with van der Waals surface area (Å²) in [7, 11) is 1.41. The monoisotopic (exact) mass is 194 g/mol. The van der Waals surface area contributed by atoms with Crippen LogP contribution >= 0.6 is 11.8 Å². The lowest BCUT2D eigenvalue weighted by atomic mass is 10.1. The van der Waals surface area contributed by atoms with Gasteiger partial charge in [0.05, 0.1) is 12.7 Å². The van der Waals surface area contributed by atoms with Crippen molar-refractivity contribution >= 4 is 17.7 Å². The summed E-state index contributed by atoms with van der Waals surface area (Å²) in [5.74, 6) is 1.83. The predicted octanol–water partition coefficient (Wildman–Crippen LogP) is 2.22. The number of hydrogen-bond acceptors (Lipinski definition) is 3. The first-order chi connectivity index (χ1) is 6.31. The first kappa shape index (κ1) is 8.63. The van der Waals surface area contributed by atoms with Gasteiger partial charge >= 0.3 is 5.97 Å². The summed E-state index contributed by atoms with van der Waals surface area (Å²) in [6, 6.07) is 5.78. The number of carbonyl (C=O) groups excluding carboxylic acids is 1. The number of carbonyl (C=O) groups is 1. The molecule has 0 N–H and O–H groups in total. The van der Waals surface area contributed by atoms with Gasteiger partial charge in [-0.2, -0.15) is 11.8 Å². The fraction of sp³-hybridized carbons (Fsp3) is 0.300. The molecular formula is C10H10O2S. The van der Waals surface area contributed by atoms with Gasteiger partial charge in [-0.05, 0) is 23.3 Å². The lowest BCUT2D eigenvalue weighted by molar-refractivity contribution is 0.0600. The summed E-state index contributed by atoms with van der Waals surface area (Å²) >= 11 is 1.88. The van der Waals surface area contributed by atoms with E-state index in [4.69, 9.17) is 0 Å². The van der Waals surface area contributed by atoms with Gasteiger partial charge in [-0.3, -0.25) is 0 Å². The highest BCUT2D eigenvalue weighted by atomic mass is 32.2. The Morgan fingerprint density at radius 1 is 1.38 bits per heavy atom. The number of thioether (sulfide) groups is 1. The zero-order chi connectivity index (χ0) is 9.26. The molecule has 3 heteroatoms. The van der Waals surface area contributed by atoms with Gasteiger partial charge in [0, 0.05) is 11.5 Å². The molecule has 0 radical (unpaired) electrons. The van der Waals surface area contributed by atoms with E-state index in [1.54, 1.807) is 0 Å². The minimum atomic E-state index is -0.250. The molecule has 0 saturated heterocycles. The van der Waals surface area contributed by atoms with Gasteiger partial charge in [0.1, 0.15) is 0 Å². The quantitative estimate of drug-likeness (QED) is 0.641. The van der Waals surface area contributed by atoms with E-state index in [1.807, 2.05) is 30.0 Å². The highest BCUT2D eigenvalue weighted by Crippen LogP contribution is 2.30. The fourth-order valence-electron chi connectivity index (χ4n) is 1.42. The minimum absolute atomic E-state index is 0.250. The van der Waals surface area contributed by atoms with Crippen molar-refractivity contribution in [3.05, 3.63) is 34.9 Å². The molecule has 0 atom stereocenters. The lowest BCUT2D eigenvalue weighted by Crippen LogP contribution is -2.01. The molecule has 68 valence electrons. The van der Waals surface area contributed by atoms with Crippen molar-refractivity contribution in [3.8, 4) is 0 Å². The second kappa shape index (κ2) is 3.42. The molecule has 0 bridgehead atoms. The molecular weight excluding hydrogens is 184 g/mol. The van der Waals surface area contributed by atoms with Crippen LogP contribution in [0.25, 0.3) is 0 Å². The second-order valence-corrected chi connectivity index (χ2v) is 3.95. The van der Waals surface area contributed by atoms with Crippen molar-refractivity contribution in [2.75, 3.05) is 7.11 Å². The van der Waals surface area contributed by atoms with Gasteiger partial charge in [-0.1, -0.05) is 6.07 Å². The van der Waals surface area contributed by atoms with E-state index in [-0.39, 0.29) is 5.97 Å². The minimum Gasteiger partial charge on any atom is -0.465 e. The number of benzene rings is 1. The average Bonchev–Trinajstić information content (AvgIpc) is 2.63. The third kappa shape index (κ3) is 1.56. The van der Waals surface area contributed by atoms with Gasteiger partial charge < -0.3 is 4.74 Å². The molecule has 13 heavy (non-hydrogen) atoms. The number of fused-ring (bicyclic) bond motifs is 1. The molecule has 1 aliphatic heterocycles. The van der Waals surface area contributed by atoms with E-state index >= 15 is 0 Å². The first-order valence-electron chi connectivity index (χ1n) is 4.09. The molecule has 2 rings (SSSR count). The highest BCUT2D eigenvalue weighted by Gasteiger charge is 2.13. The average molecular weight is 194 g/mol. The molecule has 0 aliphatic carbocycles. The molecule has 1 aliphatic rings. The summed E-state index contributed by atoms with van der Waals surface area (Å²) in [6.45, 7) is 0. The Labute approximate surface area is 81.3 Å². The maximum atomic E-state index is 11.2. The van der Waals surface area contributed by atoms with Gasteiger partial charge in [-0.25, -0.2) is 4.79 Å². The van der Waals surface area contributed by atoms with Crippen LogP contribution in [0.15, 0.2) is 18.2 Å². The predicted molar refractivity (Wildman–Crippen MR) is 52.8 cm³/mol. The van der Waals surface area contributed by atoms with Gasteiger partial charge in [0.2, 0.25) is 0 Å². The standard InChI is InChI=1S/C10H10O2S/c1-12-10(11)7-2-3-8-5-13-6-9(8)4-7/h2-4H,5-6H2,1H3. The molecule has 1 aromatic rings. The van der Waals surface area contributed by atoms with Crippen LogP contribution in [0.2, 0.25) is 0 Å². The molecule has 0 unspecified atom stereocenters. The summed E-state index contributed by atoms with van der Waals surface area (Å²) < 4.78 is 4.65. The summed E-state index contributed by atoms with van der Waals surface area (Å²) in [5.41, 5.74) is 3.27. The van der Waals surface area contributed by atoms with Crippen LogP contribution in [0.3, 0.4) is 0 Å². The van der Waals surface area contributed by atoms with Gasteiger partial charge in [0.15, 0.2) is 0 Å². The summed E-state index contributed by atoms with van der Waals surface area (Å²) in [5, 5.41) is 0. The van der Waals surface area contributed by atoms with E-state index in [0.29, 0.717) is 5.56 Å². The third-order valence-electron chi connectivity index (χ3n) is 2.14. The fourth-order valence-corrected chi connectivity index (χ4v) is 2.51. The Hall–Kier alpha value is -0.960. The zero-order valence-corrected chi connectivity index (χ0v) is 8.19. The Morgan fingerprint density at radius 3 is 2.92 bits per heavy atom. The Kier molecular flexibility index (Phi) is 2.27. The van der Waals surface area contributed by atoms with Gasteiger partial charge in [0.25, 0.3) is 0 Å². The zero-order valence-electron chi connectivity index (χ0n) is 7.37. The highest BCUT2D eigenvalue weighted by molar-refractivity contribution is 7.98. The number of hydrogen-bond donors (Lipinski definition) is 0. The van der Waals surface area contributed by atoms with E-state index in [1.165, 1.54) is 18.2 Å². The van der Waals surface area contributed by atoms with Crippen molar-refractivity contribution in [3.63, 3.8) is 0 Å². The van der Waals surface area contributed by atoms with E-state index in [2.05, 4.69) is 4.74 Å². The van der Waals surface area contributed by atoms with E-state index in [9.17, 15) is 4.79 Å². The first-order valence-corrected chi connectivity index (χ1v) is 5.24. The summed E-state index contributed by atoms with van der Waals surface area (Å²) in [4.78, 5) is 11.2. The van der Waals surface area contributed by atoms with Crippen LogP contribution in [-0.4, -0.2) is 13.1 Å². The molecule has 1 aromatic carbocycles. The molecule has 2 nitrogen and oxygen atoms in total. The molecule has 0 saturated carbocycles. The van der Waals surface area contributed by atoms with Crippen molar-refractivity contribution < 1.29 is 9.53 Å². The van der Waals surface area contributed by atoms with Crippen LogP contribution in [0.5, 0.6) is 0 Å². The SMILES string of the molecule is COC(=O)c1ccc2c(c1)CSC2. The normalized spacial score (nSPS) is 13.9. The number of methoxy groups -OCH3 is 1. The van der Waals surface area contributed by atoms with Crippen molar-refractivity contribution in [1.29, 1.82) is 0 Å². The van der Waals surface area contributed by atoms with Crippen LogP contribution < -0.4 is 0 Å². The van der Waals surface area contributed by atoms with Crippen LogP contribution in [0.4, 0.5) is 0 Å². The molecule has 0 spiro atoms. The summed E-state index contributed by atoms with van der Waals surface area (Å²) in [6.07, 6.45) is 0. The Morgan fingerprint density at radius 2 is 2.15 bits per heavy atom. The lowest BCUT2D eigenvalue weighted by Gasteiger charge is -2.01. The molecule has 1 heterocycles. The van der Waals surface area contributed by atoms with Crippen LogP contribution in [-0.2, 0) is 16.2 Å².